The van der Waals surface area contributed by atoms with Crippen molar-refractivity contribution >= 4 is 5.97 Å². The van der Waals surface area contributed by atoms with Crippen molar-refractivity contribution < 1.29 is 14.3 Å². The lowest BCUT2D eigenvalue weighted by Gasteiger charge is -2.36. The Labute approximate surface area is 129 Å². The zero-order valence-electron chi connectivity index (χ0n) is 13.2. The van der Waals surface area contributed by atoms with Gasteiger partial charge in [0.1, 0.15) is 5.41 Å². The second-order valence-electron chi connectivity index (χ2n) is 6.27. The van der Waals surface area contributed by atoms with Crippen molar-refractivity contribution in [1.29, 1.82) is 0 Å². The van der Waals surface area contributed by atoms with Crippen LogP contribution in [0.1, 0.15) is 31.0 Å². The first-order valence-corrected chi connectivity index (χ1v) is 7.60. The zero-order valence-corrected chi connectivity index (χ0v) is 13.2. The van der Waals surface area contributed by atoms with Crippen LogP contribution in [0.15, 0.2) is 35.4 Å². The van der Waals surface area contributed by atoms with E-state index in [0.717, 1.165) is 11.3 Å². The van der Waals surface area contributed by atoms with Crippen LogP contribution in [0, 0.1) is 11.8 Å². The summed E-state index contributed by atoms with van der Waals surface area (Å²) in [6.07, 6.45) is 4.38. The molecule has 0 aliphatic heterocycles. The first-order chi connectivity index (χ1) is 10.6. The molecule has 0 spiro atoms. The van der Waals surface area contributed by atoms with E-state index in [0.29, 0.717) is 5.88 Å². The predicted molar refractivity (Wildman–Crippen MR) is 81.7 cm³/mol. The molecule has 1 heterocycles. The molecule has 22 heavy (non-hydrogen) atoms. The lowest BCUT2D eigenvalue weighted by molar-refractivity contribution is -0.146. The van der Waals surface area contributed by atoms with Crippen LogP contribution in [0.5, 0.6) is 5.88 Å². The van der Waals surface area contributed by atoms with Crippen molar-refractivity contribution in [3.05, 3.63) is 46.7 Å². The second kappa shape index (κ2) is 4.22. The number of nitrogens with zero attached hydrogens (tertiary/aromatic N) is 1. The standard InChI is InChI=1S/C18H19NO3/c1-5-11-10-8-9(2)15-14(10)16-12(6-7-13(19-16)21-3)18(11,15)17(20)22-4/h5-8,10,14-15H,1-4H3/t10-,14?,15?,18-/m1/s1. The van der Waals surface area contributed by atoms with Crippen molar-refractivity contribution in [1.82, 2.24) is 4.98 Å². The van der Waals surface area contributed by atoms with E-state index in [9.17, 15) is 4.79 Å². The zero-order chi connectivity index (χ0) is 15.6. The van der Waals surface area contributed by atoms with Crippen molar-refractivity contribution in [3.8, 4) is 5.88 Å². The fourth-order valence-corrected chi connectivity index (χ4v) is 5.06. The molecule has 0 aromatic carbocycles. The summed E-state index contributed by atoms with van der Waals surface area (Å²) >= 11 is 0. The number of esters is 1. The minimum absolute atomic E-state index is 0.130. The quantitative estimate of drug-likeness (QED) is 0.622. The molecule has 114 valence electrons. The molecule has 0 amide bonds. The molecule has 1 saturated carbocycles. The molecule has 1 aromatic heterocycles. The molecule has 3 aliphatic carbocycles. The topological polar surface area (TPSA) is 48.4 Å². The SMILES string of the molecule is CC=C1[C@H]2C=C(C)C3C2c2nc(OC)ccc2[C@]13C(=O)OC. The summed E-state index contributed by atoms with van der Waals surface area (Å²) in [5.41, 5.74) is 3.74. The fourth-order valence-electron chi connectivity index (χ4n) is 5.06. The summed E-state index contributed by atoms with van der Waals surface area (Å²) in [6.45, 7) is 4.13. The number of aromatic nitrogens is 1. The number of hydrogen-bond donors (Lipinski definition) is 0. The predicted octanol–water partition coefficient (Wildman–Crippen LogP) is 2.75. The van der Waals surface area contributed by atoms with Gasteiger partial charge >= 0.3 is 5.97 Å². The van der Waals surface area contributed by atoms with Gasteiger partial charge in [-0.1, -0.05) is 23.8 Å². The monoisotopic (exact) mass is 297 g/mol. The van der Waals surface area contributed by atoms with Gasteiger partial charge in [-0.2, -0.15) is 0 Å². The van der Waals surface area contributed by atoms with E-state index in [1.54, 1.807) is 7.11 Å². The Morgan fingerprint density at radius 2 is 2.14 bits per heavy atom. The average Bonchev–Trinajstić information content (AvgIpc) is 3.13. The van der Waals surface area contributed by atoms with Gasteiger partial charge in [0.15, 0.2) is 0 Å². The average molecular weight is 297 g/mol. The maximum Gasteiger partial charge on any atom is 0.321 e. The number of rotatable bonds is 2. The van der Waals surface area contributed by atoms with Gasteiger partial charge in [0, 0.05) is 23.8 Å². The van der Waals surface area contributed by atoms with E-state index in [1.807, 2.05) is 19.1 Å². The fraction of sp³-hybridized carbons (Fsp3) is 0.444. The van der Waals surface area contributed by atoms with E-state index < -0.39 is 5.41 Å². The van der Waals surface area contributed by atoms with E-state index in [4.69, 9.17) is 9.47 Å². The Kier molecular flexibility index (Phi) is 2.60. The summed E-state index contributed by atoms with van der Waals surface area (Å²) in [6, 6.07) is 3.83. The molecular formula is C18H19NO3. The molecule has 4 bridgehead atoms. The Hall–Kier alpha value is -2.10. The lowest BCUT2D eigenvalue weighted by Crippen LogP contribution is -2.42. The van der Waals surface area contributed by atoms with Gasteiger partial charge < -0.3 is 9.47 Å². The van der Waals surface area contributed by atoms with E-state index >= 15 is 0 Å². The van der Waals surface area contributed by atoms with Gasteiger partial charge in [0.25, 0.3) is 0 Å². The molecule has 3 aliphatic rings. The van der Waals surface area contributed by atoms with Gasteiger partial charge in [0.05, 0.1) is 19.9 Å². The van der Waals surface area contributed by atoms with Crippen LogP contribution in [0.25, 0.3) is 0 Å². The maximum absolute atomic E-state index is 12.9. The molecule has 4 heteroatoms. The minimum atomic E-state index is -0.688. The highest BCUT2D eigenvalue weighted by Crippen LogP contribution is 2.71. The molecule has 1 aromatic rings. The molecule has 1 fully saturated rings. The number of fused-ring (bicyclic) bond motifs is 2. The summed E-state index contributed by atoms with van der Waals surface area (Å²) < 4.78 is 10.5. The molecule has 0 saturated heterocycles. The lowest BCUT2D eigenvalue weighted by atomic mass is 9.66. The number of carbonyl (C=O) groups is 1. The Balaban J connectivity index is 2.05. The van der Waals surface area contributed by atoms with Crippen molar-refractivity contribution in [2.75, 3.05) is 14.2 Å². The summed E-state index contributed by atoms with van der Waals surface area (Å²) in [5, 5.41) is 0. The summed E-state index contributed by atoms with van der Waals surface area (Å²) in [4.78, 5) is 17.5. The van der Waals surface area contributed by atoms with E-state index in [2.05, 4.69) is 24.1 Å². The second-order valence-corrected chi connectivity index (χ2v) is 6.27. The number of hydrogen-bond acceptors (Lipinski definition) is 4. The highest BCUT2D eigenvalue weighted by atomic mass is 16.5. The van der Waals surface area contributed by atoms with Crippen LogP contribution in [-0.2, 0) is 14.9 Å². The molecule has 4 atom stereocenters. The molecule has 4 nitrogen and oxygen atoms in total. The Morgan fingerprint density at radius 3 is 2.77 bits per heavy atom. The molecule has 4 rings (SSSR count). The van der Waals surface area contributed by atoms with Crippen LogP contribution < -0.4 is 4.74 Å². The molecular weight excluding hydrogens is 278 g/mol. The Morgan fingerprint density at radius 1 is 1.36 bits per heavy atom. The normalized spacial score (nSPS) is 35.5. The summed E-state index contributed by atoms with van der Waals surface area (Å²) in [5.74, 6) is 1.05. The summed E-state index contributed by atoms with van der Waals surface area (Å²) in [7, 11) is 3.09. The van der Waals surface area contributed by atoms with Gasteiger partial charge in [0.2, 0.25) is 5.88 Å². The maximum atomic E-state index is 12.9. The molecule has 2 unspecified atom stereocenters. The molecule has 0 N–H and O–H groups in total. The number of allylic oxidation sites excluding steroid dienone is 3. The third kappa shape index (κ3) is 1.21. The first-order valence-electron chi connectivity index (χ1n) is 7.60. The third-order valence-electron chi connectivity index (χ3n) is 5.63. The Bertz CT molecular complexity index is 749. The largest absolute Gasteiger partial charge is 0.481 e. The van der Waals surface area contributed by atoms with Gasteiger partial charge in [-0.25, -0.2) is 4.98 Å². The number of carbonyl (C=O) groups excluding carboxylic acids is 1. The number of pyridine rings is 1. The van der Waals surface area contributed by atoms with Crippen molar-refractivity contribution in [2.45, 2.75) is 25.2 Å². The number of methoxy groups -OCH3 is 2. The van der Waals surface area contributed by atoms with Crippen molar-refractivity contribution in [2.24, 2.45) is 11.8 Å². The van der Waals surface area contributed by atoms with Crippen LogP contribution in [-0.4, -0.2) is 25.2 Å². The minimum Gasteiger partial charge on any atom is -0.481 e. The van der Waals surface area contributed by atoms with Crippen LogP contribution >= 0.6 is 0 Å². The van der Waals surface area contributed by atoms with E-state index in [-0.39, 0.29) is 23.7 Å². The first kappa shape index (κ1) is 13.6. The highest BCUT2D eigenvalue weighted by Gasteiger charge is 2.71. The van der Waals surface area contributed by atoms with Crippen LogP contribution in [0.3, 0.4) is 0 Å². The number of ether oxygens (including phenoxy) is 2. The van der Waals surface area contributed by atoms with Crippen LogP contribution in [0.2, 0.25) is 0 Å². The third-order valence-corrected chi connectivity index (χ3v) is 5.63. The van der Waals surface area contributed by atoms with Gasteiger partial charge in [-0.05, 0) is 25.0 Å². The molecule has 0 radical (unpaired) electrons. The van der Waals surface area contributed by atoms with Crippen LogP contribution in [0.4, 0.5) is 0 Å². The van der Waals surface area contributed by atoms with E-state index in [1.165, 1.54) is 18.3 Å². The van der Waals surface area contributed by atoms with Gasteiger partial charge in [-0.3, -0.25) is 4.79 Å². The smallest absolute Gasteiger partial charge is 0.321 e. The van der Waals surface area contributed by atoms with Crippen molar-refractivity contribution in [3.63, 3.8) is 0 Å². The highest BCUT2D eigenvalue weighted by molar-refractivity contribution is 5.93. The van der Waals surface area contributed by atoms with Gasteiger partial charge in [-0.15, -0.1) is 0 Å².